The monoisotopic (exact) mass is 384 g/mol. The molecule has 0 radical (unpaired) electrons. The number of hydrogen-bond donors (Lipinski definition) is 0. The Hall–Kier alpha value is -1.71. The first-order valence-electron chi connectivity index (χ1n) is 8.10. The van der Waals surface area contributed by atoms with Crippen LogP contribution in [0.2, 0.25) is 0 Å². The van der Waals surface area contributed by atoms with Gasteiger partial charge in [0.25, 0.3) is 0 Å². The third kappa shape index (κ3) is 3.23. The molecule has 1 aliphatic rings. The van der Waals surface area contributed by atoms with Crippen LogP contribution in [0.3, 0.4) is 0 Å². The number of hydrogen-bond acceptors (Lipinski definition) is 6. The van der Waals surface area contributed by atoms with Gasteiger partial charge >= 0.3 is 10.8 Å². The number of aryl methyl sites for hydroxylation is 1. The van der Waals surface area contributed by atoms with E-state index in [1.54, 1.807) is 22.8 Å². The van der Waals surface area contributed by atoms with Crippen molar-refractivity contribution in [3.05, 3.63) is 27.9 Å². The number of ether oxygens (including phenoxy) is 1. The second kappa shape index (κ2) is 6.89. The van der Waals surface area contributed by atoms with E-state index in [0.717, 1.165) is 16.9 Å². The lowest BCUT2D eigenvalue weighted by Crippen LogP contribution is -2.40. The molecular formula is C16H20N2O5S2. The maximum absolute atomic E-state index is 12.9. The molecule has 136 valence electrons. The summed E-state index contributed by atoms with van der Waals surface area (Å²) >= 11 is 1.05. The van der Waals surface area contributed by atoms with Crippen LogP contribution in [0.1, 0.15) is 19.8 Å². The minimum atomic E-state index is -3.64. The minimum Gasteiger partial charge on any atom is -0.469 e. The van der Waals surface area contributed by atoms with Crippen LogP contribution in [-0.4, -0.2) is 43.5 Å². The van der Waals surface area contributed by atoms with E-state index in [4.69, 9.17) is 4.74 Å². The van der Waals surface area contributed by atoms with Crippen molar-refractivity contribution in [3.63, 3.8) is 0 Å². The van der Waals surface area contributed by atoms with Gasteiger partial charge < -0.3 is 4.74 Å². The van der Waals surface area contributed by atoms with Gasteiger partial charge in [0.05, 0.1) is 28.1 Å². The van der Waals surface area contributed by atoms with Crippen LogP contribution < -0.4 is 4.87 Å². The Morgan fingerprint density at radius 2 is 2.00 bits per heavy atom. The number of sulfonamides is 1. The van der Waals surface area contributed by atoms with Crippen molar-refractivity contribution in [2.24, 2.45) is 5.92 Å². The molecular weight excluding hydrogens is 364 g/mol. The second-order valence-corrected chi connectivity index (χ2v) is 8.87. The summed E-state index contributed by atoms with van der Waals surface area (Å²) in [5.41, 5.74) is 0.751. The Balaban J connectivity index is 1.87. The van der Waals surface area contributed by atoms with Gasteiger partial charge in [0.2, 0.25) is 10.0 Å². The van der Waals surface area contributed by atoms with E-state index >= 15 is 0 Å². The maximum Gasteiger partial charge on any atom is 0.308 e. The molecule has 1 aliphatic heterocycles. The van der Waals surface area contributed by atoms with Gasteiger partial charge in [-0.1, -0.05) is 11.3 Å². The summed E-state index contributed by atoms with van der Waals surface area (Å²) in [5.74, 6) is -0.535. The number of fused-ring (bicyclic) bond motifs is 1. The molecule has 1 saturated heterocycles. The topological polar surface area (TPSA) is 85.7 Å². The van der Waals surface area contributed by atoms with Gasteiger partial charge in [-0.3, -0.25) is 14.2 Å². The highest BCUT2D eigenvalue weighted by Crippen LogP contribution is 2.27. The van der Waals surface area contributed by atoms with Crippen molar-refractivity contribution >= 4 is 37.5 Å². The minimum absolute atomic E-state index is 0.0917. The Kier molecular flexibility index (Phi) is 4.99. The molecule has 2 aromatic rings. The van der Waals surface area contributed by atoms with Gasteiger partial charge in [-0.2, -0.15) is 4.31 Å². The smallest absolute Gasteiger partial charge is 0.308 e. The Bertz CT molecular complexity index is 953. The molecule has 2 heterocycles. The number of esters is 1. The third-order valence-electron chi connectivity index (χ3n) is 4.58. The Morgan fingerprint density at radius 3 is 2.60 bits per heavy atom. The second-order valence-electron chi connectivity index (χ2n) is 5.94. The average Bonchev–Trinajstić information content (AvgIpc) is 2.95. The molecule has 7 nitrogen and oxygen atoms in total. The number of piperidine rings is 1. The first-order chi connectivity index (χ1) is 11.9. The van der Waals surface area contributed by atoms with Crippen molar-refractivity contribution in [1.82, 2.24) is 8.87 Å². The van der Waals surface area contributed by atoms with E-state index < -0.39 is 10.0 Å². The van der Waals surface area contributed by atoms with E-state index in [1.807, 2.05) is 6.92 Å². The summed E-state index contributed by atoms with van der Waals surface area (Å²) in [4.78, 5) is 23.6. The summed E-state index contributed by atoms with van der Waals surface area (Å²) in [6.07, 6.45) is 0.904. The number of rotatable bonds is 4. The predicted molar refractivity (Wildman–Crippen MR) is 95.3 cm³/mol. The van der Waals surface area contributed by atoms with E-state index in [9.17, 15) is 18.0 Å². The van der Waals surface area contributed by atoms with Crippen LogP contribution >= 0.6 is 11.3 Å². The van der Waals surface area contributed by atoms with Crippen LogP contribution in [-0.2, 0) is 26.1 Å². The van der Waals surface area contributed by atoms with Crippen LogP contribution in [0.5, 0.6) is 0 Å². The summed E-state index contributed by atoms with van der Waals surface area (Å²) in [6, 6.07) is 4.79. The van der Waals surface area contributed by atoms with Gasteiger partial charge in [-0.05, 0) is 38.0 Å². The van der Waals surface area contributed by atoms with Gasteiger partial charge in [-0.25, -0.2) is 8.42 Å². The lowest BCUT2D eigenvalue weighted by atomic mass is 9.99. The molecule has 0 N–H and O–H groups in total. The molecule has 0 aliphatic carbocycles. The zero-order valence-electron chi connectivity index (χ0n) is 14.1. The van der Waals surface area contributed by atoms with E-state index in [2.05, 4.69) is 0 Å². The zero-order valence-corrected chi connectivity index (χ0v) is 15.7. The first kappa shape index (κ1) is 18.1. The normalized spacial score (nSPS) is 17.0. The van der Waals surface area contributed by atoms with E-state index in [-0.39, 0.29) is 34.7 Å². The third-order valence-corrected chi connectivity index (χ3v) is 7.42. The predicted octanol–water partition coefficient (Wildman–Crippen LogP) is 1.66. The van der Waals surface area contributed by atoms with Crippen molar-refractivity contribution in [3.8, 4) is 0 Å². The molecule has 1 aromatic carbocycles. The SMILES string of the molecule is CCn1c(=O)sc2cc(S(=O)(=O)N3CCC(C(=O)OC)CC3)ccc21. The summed E-state index contributed by atoms with van der Waals surface area (Å²) in [6.45, 7) is 2.99. The molecule has 25 heavy (non-hydrogen) atoms. The van der Waals surface area contributed by atoms with Crippen molar-refractivity contribution in [1.29, 1.82) is 0 Å². The maximum atomic E-state index is 12.9. The summed E-state index contributed by atoms with van der Waals surface area (Å²) < 4.78 is 34.1. The Labute approximate surface area is 149 Å². The number of benzene rings is 1. The molecule has 0 bridgehead atoms. The lowest BCUT2D eigenvalue weighted by Gasteiger charge is -2.29. The fraction of sp³-hybridized carbons (Fsp3) is 0.500. The molecule has 9 heteroatoms. The molecule has 0 amide bonds. The fourth-order valence-corrected chi connectivity index (χ4v) is 5.72. The van der Waals surface area contributed by atoms with Crippen LogP contribution in [0.4, 0.5) is 0 Å². The fourth-order valence-electron chi connectivity index (χ4n) is 3.15. The number of carbonyl (C=O) groups excluding carboxylic acids is 1. The number of thiazole rings is 1. The quantitative estimate of drug-likeness (QED) is 0.749. The summed E-state index contributed by atoms with van der Waals surface area (Å²) in [5, 5.41) is 0. The van der Waals surface area contributed by atoms with Crippen LogP contribution in [0, 0.1) is 5.92 Å². The van der Waals surface area contributed by atoms with E-state index in [0.29, 0.717) is 24.1 Å². The number of aromatic nitrogens is 1. The molecule has 1 aromatic heterocycles. The molecule has 0 saturated carbocycles. The average molecular weight is 384 g/mol. The highest BCUT2D eigenvalue weighted by molar-refractivity contribution is 7.89. The van der Waals surface area contributed by atoms with Gasteiger partial charge in [-0.15, -0.1) is 0 Å². The highest BCUT2D eigenvalue weighted by Gasteiger charge is 2.32. The van der Waals surface area contributed by atoms with Crippen molar-refractivity contribution in [2.75, 3.05) is 20.2 Å². The Morgan fingerprint density at radius 1 is 1.32 bits per heavy atom. The summed E-state index contributed by atoms with van der Waals surface area (Å²) in [7, 11) is -2.30. The molecule has 0 atom stereocenters. The molecule has 0 spiro atoms. The number of nitrogens with zero attached hydrogens (tertiary/aromatic N) is 2. The lowest BCUT2D eigenvalue weighted by molar-refractivity contribution is -0.146. The highest BCUT2D eigenvalue weighted by atomic mass is 32.2. The van der Waals surface area contributed by atoms with Crippen LogP contribution in [0.15, 0.2) is 27.9 Å². The first-order valence-corrected chi connectivity index (χ1v) is 10.4. The molecule has 3 rings (SSSR count). The van der Waals surface area contributed by atoms with Crippen LogP contribution in [0.25, 0.3) is 10.2 Å². The molecule has 0 unspecified atom stereocenters. The van der Waals surface area contributed by atoms with Gasteiger partial charge in [0.1, 0.15) is 0 Å². The largest absolute Gasteiger partial charge is 0.469 e. The standard InChI is InChI=1S/C16H20N2O5S2/c1-3-18-13-5-4-12(10-14(13)24-16(18)20)25(21,22)17-8-6-11(7-9-17)15(19)23-2/h4-5,10-11H,3,6-9H2,1-2H3. The van der Waals surface area contributed by atoms with Gasteiger partial charge in [0, 0.05) is 19.6 Å². The molecule has 1 fully saturated rings. The van der Waals surface area contributed by atoms with Gasteiger partial charge in [0.15, 0.2) is 0 Å². The van der Waals surface area contributed by atoms with Crippen molar-refractivity contribution in [2.45, 2.75) is 31.2 Å². The number of carbonyl (C=O) groups is 1. The zero-order chi connectivity index (χ0) is 18.2. The van der Waals surface area contributed by atoms with E-state index in [1.165, 1.54) is 11.4 Å². The van der Waals surface area contributed by atoms with Crippen molar-refractivity contribution < 1.29 is 17.9 Å². The number of methoxy groups -OCH3 is 1.